The van der Waals surface area contributed by atoms with Crippen LogP contribution in [0.15, 0.2) is 18.2 Å². The molecule has 2 N–H and O–H groups in total. The van der Waals surface area contributed by atoms with Gasteiger partial charge in [-0.25, -0.2) is 0 Å². The maximum Gasteiger partial charge on any atom is 0.224 e. The molecule has 1 amide bonds. The van der Waals surface area contributed by atoms with Crippen molar-refractivity contribution >= 4 is 17.5 Å². The third-order valence-electron chi connectivity index (χ3n) is 4.13. The molecule has 0 fully saturated rings. The summed E-state index contributed by atoms with van der Waals surface area (Å²) >= 11 is 6.11. The summed E-state index contributed by atoms with van der Waals surface area (Å²) in [5.41, 5.74) is 3.76. The summed E-state index contributed by atoms with van der Waals surface area (Å²) in [4.78, 5) is 12.3. The number of rotatable bonds is 6. The summed E-state index contributed by atoms with van der Waals surface area (Å²) in [6.45, 7) is 10.1. The number of halogens is 1. The Hall–Kier alpha value is -1.85. The quantitative estimate of drug-likeness (QED) is 0.828. The molecule has 5 nitrogen and oxygen atoms in total. The highest BCUT2D eigenvalue weighted by Gasteiger charge is 2.20. The molecule has 0 aliphatic heterocycles. The third-order valence-corrected chi connectivity index (χ3v) is 4.54. The highest BCUT2D eigenvalue weighted by Crippen LogP contribution is 2.18. The summed E-state index contributed by atoms with van der Waals surface area (Å²) in [5.74, 6) is -0.0642. The Morgan fingerprint density at radius 1 is 1.32 bits per heavy atom. The lowest BCUT2D eigenvalue weighted by Crippen LogP contribution is -2.27. The van der Waals surface area contributed by atoms with Gasteiger partial charge in [0.25, 0.3) is 0 Å². The average molecular weight is 364 g/mol. The van der Waals surface area contributed by atoms with Crippen LogP contribution in [0.5, 0.6) is 0 Å². The number of benzene rings is 1. The monoisotopic (exact) mass is 363 g/mol. The Balaban J connectivity index is 2.01. The first kappa shape index (κ1) is 19.5. The van der Waals surface area contributed by atoms with E-state index < -0.39 is 5.60 Å². The molecule has 0 atom stereocenters. The lowest BCUT2D eigenvalue weighted by atomic mass is 10.1. The summed E-state index contributed by atoms with van der Waals surface area (Å²) < 4.78 is 1.76. The second kappa shape index (κ2) is 7.58. The molecule has 25 heavy (non-hydrogen) atoms. The van der Waals surface area contributed by atoms with Crippen molar-refractivity contribution in [2.75, 3.05) is 0 Å². The summed E-state index contributed by atoms with van der Waals surface area (Å²) in [6.07, 6.45) is 0.267. The molecule has 0 unspecified atom stereocenters. The number of nitrogens with one attached hydrogen (secondary N) is 1. The van der Waals surface area contributed by atoms with E-state index in [1.807, 2.05) is 39.0 Å². The molecule has 6 heteroatoms. The van der Waals surface area contributed by atoms with E-state index in [-0.39, 0.29) is 12.3 Å². The van der Waals surface area contributed by atoms with Gasteiger partial charge in [0.15, 0.2) is 0 Å². The number of amides is 1. The molecule has 1 heterocycles. The Morgan fingerprint density at radius 3 is 2.60 bits per heavy atom. The van der Waals surface area contributed by atoms with E-state index in [2.05, 4.69) is 10.4 Å². The van der Waals surface area contributed by atoms with Crippen molar-refractivity contribution < 1.29 is 9.90 Å². The van der Waals surface area contributed by atoms with Crippen LogP contribution in [-0.2, 0) is 24.3 Å². The van der Waals surface area contributed by atoms with Crippen LogP contribution in [0.25, 0.3) is 0 Å². The number of aryl methyl sites for hydroxylation is 2. The lowest BCUT2D eigenvalue weighted by Gasteiger charge is -2.18. The fraction of sp³-hybridized carbons (Fsp3) is 0.474. The molecule has 0 saturated heterocycles. The van der Waals surface area contributed by atoms with E-state index in [0.29, 0.717) is 18.1 Å². The van der Waals surface area contributed by atoms with Gasteiger partial charge in [-0.1, -0.05) is 23.7 Å². The zero-order valence-electron chi connectivity index (χ0n) is 15.5. The van der Waals surface area contributed by atoms with Crippen molar-refractivity contribution in [3.8, 4) is 0 Å². The van der Waals surface area contributed by atoms with E-state index >= 15 is 0 Å². The van der Waals surface area contributed by atoms with Crippen molar-refractivity contribution in [3.05, 3.63) is 51.3 Å². The van der Waals surface area contributed by atoms with Crippen molar-refractivity contribution in [2.24, 2.45) is 0 Å². The Bertz CT molecular complexity index is 776. The van der Waals surface area contributed by atoms with Crippen molar-refractivity contribution in [1.29, 1.82) is 0 Å². The average Bonchev–Trinajstić information content (AvgIpc) is 2.74. The van der Waals surface area contributed by atoms with Crippen LogP contribution >= 0.6 is 11.6 Å². The highest BCUT2D eigenvalue weighted by molar-refractivity contribution is 6.31. The van der Waals surface area contributed by atoms with Gasteiger partial charge in [0.2, 0.25) is 5.91 Å². The fourth-order valence-corrected chi connectivity index (χ4v) is 2.88. The smallest absolute Gasteiger partial charge is 0.224 e. The molecule has 2 rings (SSSR count). The molecule has 1 aromatic carbocycles. The molecular formula is C19H26ClN3O2. The van der Waals surface area contributed by atoms with Crippen LogP contribution in [0.1, 0.15) is 41.9 Å². The molecule has 0 aliphatic carbocycles. The molecule has 0 spiro atoms. The molecular weight excluding hydrogens is 338 g/mol. The minimum Gasteiger partial charge on any atom is -0.389 e. The second-order valence-electron chi connectivity index (χ2n) is 7.16. The lowest BCUT2D eigenvalue weighted by molar-refractivity contribution is -0.120. The maximum absolute atomic E-state index is 12.3. The summed E-state index contributed by atoms with van der Waals surface area (Å²) in [5, 5.41) is 18.0. The normalized spacial score (nSPS) is 11.6. The molecule has 2 aromatic rings. The first-order chi connectivity index (χ1) is 11.6. The standard InChI is InChI=1S/C19H26ClN3O2/c1-12-6-7-15(8-17(12)20)10-21-18(24)9-16-13(2)22-23(14(16)3)11-19(4,5)25/h6-8,25H,9-11H2,1-5H3,(H,21,24). The maximum atomic E-state index is 12.3. The van der Waals surface area contributed by atoms with E-state index in [4.69, 9.17) is 11.6 Å². The topological polar surface area (TPSA) is 67.2 Å². The minimum atomic E-state index is -0.854. The predicted octanol–water partition coefficient (Wildman–Crippen LogP) is 3.09. The minimum absolute atomic E-state index is 0.0642. The molecule has 0 aliphatic rings. The number of carbonyl (C=O) groups is 1. The second-order valence-corrected chi connectivity index (χ2v) is 7.56. The first-order valence-corrected chi connectivity index (χ1v) is 8.71. The largest absolute Gasteiger partial charge is 0.389 e. The fourth-order valence-electron chi connectivity index (χ4n) is 2.68. The molecule has 136 valence electrons. The summed E-state index contributed by atoms with van der Waals surface area (Å²) in [7, 11) is 0. The van der Waals surface area contributed by atoms with Gasteiger partial charge >= 0.3 is 0 Å². The highest BCUT2D eigenvalue weighted by atomic mass is 35.5. The van der Waals surface area contributed by atoms with Gasteiger partial charge < -0.3 is 10.4 Å². The number of aliphatic hydroxyl groups is 1. The van der Waals surface area contributed by atoms with E-state index in [9.17, 15) is 9.90 Å². The number of nitrogens with zero attached hydrogens (tertiary/aromatic N) is 2. The van der Waals surface area contributed by atoms with E-state index in [1.54, 1.807) is 18.5 Å². The SMILES string of the molecule is Cc1ccc(CNC(=O)Cc2c(C)nn(CC(C)(C)O)c2C)cc1Cl. The van der Waals surface area contributed by atoms with Gasteiger partial charge in [0.05, 0.1) is 24.3 Å². The number of aromatic nitrogens is 2. The van der Waals surface area contributed by atoms with E-state index in [1.165, 1.54) is 0 Å². The van der Waals surface area contributed by atoms with Gasteiger partial charge in [0, 0.05) is 22.8 Å². The molecule has 0 saturated carbocycles. The van der Waals surface area contributed by atoms with Crippen molar-refractivity contribution in [1.82, 2.24) is 15.1 Å². The van der Waals surface area contributed by atoms with Crippen LogP contribution < -0.4 is 5.32 Å². The van der Waals surface area contributed by atoms with Crippen LogP contribution in [0.3, 0.4) is 0 Å². The molecule has 1 aromatic heterocycles. The first-order valence-electron chi connectivity index (χ1n) is 8.34. The third kappa shape index (κ3) is 5.31. The van der Waals surface area contributed by atoms with Gasteiger partial charge in [-0.15, -0.1) is 0 Å². The van der Waals surface area contributed by atoms with E-state index in [0.717, 1.165) is 28.1 Å². The van der Waals surface area contributed by atoms with Crippen LogP contribution in [0, 0.1) is 20.8 Å². The Morgan fingerprint density at radius 2 is 2.00 bits per heavy atom. The van der Waals surface area contributed by atoms with Crippen LogP contribution in [-0.4, -0.2) is 26.4 Å². The molecule has 0 bridgehead atoms. The Kier molecular flexibility index (Phi) is 5.91. The van der Waals surface area contributed by atoms with Gasteiger partial charge in [-0.3, -0.25) is 9.48 Å². The molecule has 0 radical (unpaired) electrons. The predicted molar refractivity (Wildman–Crippen MR) is 99.7 cm³/mol. The van der Waals surface area contributed by atoms with Crippen LogP contribution in [0.4, 0.5) is 0 Å². The van der Waals surface area contributed by atoms with Crippen LogP contribution in [0.2, 0.25) is 5.02 Å². The zero-order chi connectivity index (χ0) is 18.8. The van der Waals surface area contributed by atoms with Gasteiger partial charge in [-0.2, -0.15) is 5.10 Å². The number of hydrogen-bond acceptors (Lipinski definition) is 3. The number of hydrogen-bond donors (Lipinski definition) is 2. The van der Waals surface area contributed by atoms with Gasteiger partial charge in [0.1, 0.15) is 0 Å². The Labute approximate surface area is 154 Å². The zero-order valence-corrected chi connectivity index (χ0v) is 16.2. The summed E-state index contributed by atoms with van der Waals surface area (Å²) in [6, 6.07) is 5.77. The van der Waals surface area contributed by atoms with Crippen molar-refractivity contribution in [2.45, 2.75) is 59.7 Å². The van der Waals surface area contributed by atoms with Crippen molar-refractivity contribution in [3.63, 3.8) is 0 Å². The van der Waals surface area contributed by atoms with Gasteiger partial charge in [-0.05, 0) is 51.8 Å². The number of carbonyl (C=O) groups excluding carboxylic acids is 1.